The van der Waals surface area contributed by atoms with Crippen molar-refractivity contribution in [2.24, 2.45) is 10.9 Å². The molecule has 0 saturated carbocycles. The Bertz CT molecular complexity index is 616. The molecule has 2 aromatic rings. The van der Waals surface area contributed by atoms with E-state index in [-0.39, 0.29) is 5.84 Å². The fraction of sp³-hybridized carbons (Fsp3) is 0.333. The van der Waals surface area contributed by atoms with Crippen LogP contribution in [0.25, 0.3) is 5.95 Å². The lowest BCUT2D eigenvalue weighted by Gasteiger charge is -2.05. The number of hydrogen-bond donors (Lipinski definition) is 2. The SMILES string of the molecule is Cc1cc(/C(N)=N/O)nc(-n2ccc(C(C)C)n2)n1. The summed E-state index contributed by atoms with van der Waals surface area (Å²) in [5, 5.41) is 16.0. The molecule has 0 atom stereocenters. The first-order chi connectivity index (χ1) is 9.01. The van der Waals surface area contributed by atoms with E-state index in [4.69, 9.17) is 10.9 Å². The van der Waals surface area contributed by atoms with Crippen molar-refractivity contribution in [2.45, 2.75) is 26.7 Å². The maximum atomic E-state index is 8.70. The number of nitrogens with two attached hydrogens (primary N) is 1. The number of amidine groups is 1. The van der Waals surface area contributed by atoms with Crippen LogP contribution < -0.4 is 5.73 Å². The van der Waals surface area contributed by atoms with E-state index in [0.29, 0.717) is 23.3 Å². The van der Waals surface area contributed by atoms with Gasteiger partial charge in [-0.15, -0.1) is 0 Å². The van der Waals surface area contributed by atoms with Crippen molar-refractivity contribution < 1.29 is 5.21 Å². The van der Waals surface area contributed by atoms with Gasteiger partial charge >= 0.3 is 0 Å². The van der Waals surface area contributed by atoms with Crippen molar-refractivity contribution in [3.8, 4) is 5.95 Å². The number of rotatable bonds is 3. The van der Waals surface area contributed by atoms with Gasteiger partial charge in [-0.1, -0.05) is 19.0 Å². The van der Waals surface area contributed by atoms with Gasteiger partial charge in [0.1, 0.15) is 5.69 Å². The first kappa shape index (κ1) is 13.0. The standard InChI is InChI=1S/C12H16N6O/c1-7(2)9-4-5-18(16-9)12-14-8(3)6-10(15-12)11(13)17-19/h4-7,19H,1-3H3,(H2,13,17). The Kier molecular flexibility index (Phi) is 3.46. The molecule has 2 aromatic heterocycles. The lowest BCUT2D eigenvalue weighted by Crippen LogP contribution is -2.17. The Labute approximate surface area is 110 Å². The summed E-state index contributed by atoms with van der Waals surface area (Å²) in [6.07, 6.45) is 1.79. The molecule has 2 rings (SSSR count). The van der Waals surface area contributed by atoms with Crippen LogP contribution >= 0.6 is 0 Å². The summed E-state index contributed by atoms with van der Waals surface area (Å²) in [6, 6.07) is 3.56. The third-order valence-electron chi connectivity index (χ3n) is 2.62. The first-order valence-electron chi connectivity index (χ1n) is 5.90. The molecule has 0 bridgehead atoms. The molecule has 0 radical (unpaired) electrons. The number of aryl methyl sites for hydroxylation is 1. The average molecular weight is 260 g/mol. The van der Waals surface area contributed by atoms with E-state index >= 15 is 0 Å². The molecule has 0 aliphatic carbocycles. The van der Waals surface area contributed by atoms with Gasteiger partial charge in [0.2, 0.25) is 0 Å². The van der Waals surface area contributed by atoms with Crippen molar-refractivity contribution in [1.82, 2.24) is 19.7 Å². The second kappa shape index (κ2) is 5.05. The van der Waals surface area contributed by atoms with Crippen LogP contribution in [0.2, 0.25) is 0 Å². The molecule has 2 heterocycles. The minimum absolute atomic E-state index is 0.0528. The van der Waals surface area contributed by atoms with E-state index in [1.165, 1.54) is 0 Å². The monoisotopic (exact) mass is 260 g/mol. The molecule has 0 aromatic carbocycles. The number of oxime groups is 1. The van der Waals surface area contributed by atoms with Gasteiger partial charge in [-0.3, -0.25) is 0 Å². The van der Waals surface area contributed by atoms with Crippen molar-refractivity contribution in [3.05, 3.63) is 35.4 Å². The molecule has 0 unspecified atom stereocenters. The summed E-state index contributed by atoms with van der Waals surface area (Å²) in [5.74, 6) is 0.672. The highest BCUT2D eigenvalue weighted by Crippen LogP contribution is 2.12. The number of nitrogens with zero attached hydrogens (tertiary/aromatic N) is 5. The maximum Gasteiger partial charge on any atom is 0.251 e. The van der Waals surface area contributed by atoms with Gasteiger partial charge in [-0.2, -0.15) is 5.10 Å². The summed E-state index contributed by atoms with van der Waals surface area (Å²) in [7, 11) is 0. The molecule has 0 saturated heterocycles. The molecule has 0 amide bonds. The van der Waals surface area contributed by atoms with Crippen molar-refractivity contribution in [3.63, 3.8) is 0 Å². The van der Waals surface area contributed by atoms with Gasteiger partial charge in [0, 0.05) is 11.9 Å². The molecular weight excluding hydrogens is 244 g/mol. The maximum absolute atomic E-state index is 8.70. The molecule has 0 spiro atoms. The van der Waals surface area contributed by atoms with E-state index < -0.39 is 0 Å². The fourth-order valence-electron chi connectivity index (χ4n) is 1.60. The fourth-order valence-corrected chi connectivity index (χ4v) is 1.60. The zero-order chi connectivity index (χ0) is 14.0. The van der Waals surface area contributed by atoms with Gasteiger partial charge in [-0.05, 0) is 25.0 Å². The zero-order valence-corrected chi connectivity index (χ0v) is 11.1. The van der Waals surface area contributed by atoms with E-state index in [1.807, 2.05) is 13.0 Å². The third-order valence-corrected chi connectivity index (χ3v) is 2.62. The summed E-state index contributed by atoms with van der Waals surface area (Å²) < 4.78 is 1.58. The predicted molar refractivity (Wildman–Crippen MR) is 70.5 cm³/mol. The average Bonchev–Trinajstić information content (AvgIpc) is 2.86. The Morgan fingerprint density at radius 1 is 1.42 bits per heavy atom. The molecule has 19 heavy (non-hydrogen) atoms. The molecule has 3 N–H and O–H groups in total. The Morgan fingerprint density at radius 2 is 2.16 bits per heavy atom. The van der Waals surface area contributed by atoms with E-state index in [2.05, 4.69) is 34.1 Å². The Balaban J connectivity index is 2.46. The van der Waals surface area contributed by atoms with E-state index in [1.54, 1.807) is 16.9 Å². The molecule has 0 fully saturated rings. The Morgan fingerprint density at radius 3 is 2.74 bits per heavy atom. The van der Waals surface area contributed by atoms with E-state index in [9.17, 15) is 0 Å². The summed E-state index contributed by atoms with van der Waals surface area (Å²) >= 11 is 0. The highest BCUT2D eigenvalue weighted by molar-refractivity contribution is 5.95. The summed E-state index contributed by atoms with van der Waals surface area (Å²) in [6.45, 7) is 5.93. The topological polar surface area (TPSA) is 102 Å². The normalized spacial score (nSPS) is 12.1. The zero-order valence-electron chi connectivity index (χ0n) is 11.1. The van der Waals surface area contributed by atoms with Crippen LogP contribution in [0.5, 0.6) is 0 Å². The van der Waals surface area contributed by atoms with Gasteiger partial charge in [0.25, 0.3) is 5.95 Å². The molecule has 0 aliphatic heterocycles. The van der Waals surface area contributed by atoms with Gasteiger partial charge in [-0.25, -0.2) is 14.6 Å². The smallest absolute Gasteiger partial charge is 0.251 e. The van der Waals surface area contributed by atoms with Crippen molar-refractivity contribution in [1.29, 1.82) is 0 Å². The second-order valence-electron chi connectivity index (χ2n) is 4.52. The number of hydrogen-bond acceptors (Lipinski definition) is 5. The van der Waals surface area contributed by atoms with Crippen LogP contribution in [0, 0.1) is 6.92 Å². The largest absolute Gasteiger partial charge is 0.409 e. The first-order valence-corrected chi connectivity index (χ1v) is 5.90. The highest BCUT2D eigenvalue weighted by atomic mass is 16.4. The van der Waals surface area contributed by atoms with Gasteiger partial charge < -0.3 is 10.9 Å². The molecule has 0 aliphatic rings. The lowest BCUT2D eigenvalue weighted by molar-refractivity contribution is 0.318. The summed E-state index contributed by atoms with van der Waals surface area (Å²) in [5.41, 5.74) is 7.58. The van der Waals surface area contributed by atoms with Crippen LogP contribution in [0.4, 0.5) is 0 Å². The number of aromatic nitrogens is 4. The van der Waals surface area contributed by atoms with Crippen molar-refractivity contribution >= 4 is 5.84 Å². The predicted octanol–water partition coefficient (Wildman–Crippen LogP) is 1.19. The quantitative estimate of drug-likeness (QED) is 0.373. The van der Waals surface area contributed by atoms with Gasteiger partial charge in [0.05, 0.1) is 5.69 Å². The van der Waals surface area contributed by atoms with Crippen LogP contribution in [0.15, 0.2) is 23.5 Å². The van der Waals surface area contributed by atoms with Crippen LogP contribution in [-0.4, -0.2) is 30.8 Å². The molecule has 100 valence electrons. The van der Waals surface area contributed by atoms with Crippen molar-refractivity contribution in [2.75, 3.05) is 0 Å². The molecule has 7 nitrogen and oxygen atoms in total. The second-order valence-corrected chi connectivity index (χ2v) is 4.52. The Hall–Kier alpha value is -2.44. The van der Waals surface area contributed by atoms with Gasteiger partial charge in [0.15, 0.2) is 5.84 Å². The lowest BCUT2D eigenvalue weighted by atomic mass is 10.1. The summed E-state index contributed by atoms with van der Waals surface area (Å²) in [4.78, 5) is 8.51. The minimum Gasteiger partial charge on any atom is -0.409 e. The highest BCUT2D eigenvalue weighted by Gasteiger charge is 2.10. The molecular formula is C12H16N6O. The van der Waals surface area contributed by atoms with Crippen LogP contribution in [0.1, 0.15) is 36.8 Å². The molecule has 7 heteroatoms. The van der Waals surface area contributed by atoms with Crippen LogP contribution in [0.3, 0.4) is 0 Å². The van der Waals surface area contributed by atoms with E-state index in [0.717, 1.165) is 5.69 Å². The minimum atomic E-state index is -0.0528. The third kappa shape index (κ3) is 2.70. The van der Waals surface area contributed by atoms with Crippen LogP contribution in [-0.2, 0) is 0 Å².